The van der Waals surface area contributed by atoms with Crippen LogP contribution in [-0.2, 0) is 11.3 Å². The van der Waals surface area contributed by atoms with Crippen LogP contribution in [-0.4, -0.2) is 65.4 Å². The van der Waals surface area contributed by atoms with Gasteiger partial charge >= 0.3 is 0 Å². The smallest absolute Gasteiger partial charge is 0.101 e. The van der Waals surface area contributed by atoms with Gasteiger partial charge in [0.05, 0.1) is 35.2 Å². The van der Waals surface area contributed by atoms with E-state index in [1.54, 1.807) is 7.11 Å². The molecule has 4 aromatic rings. The molecule has 4 heterocycles. The molecule has 7 heteroatoms. The van der Waals surface area contributed by atoms with Crippen molar-refractivity contribution in [1.82, 2.24) is 25.1 Å². The molecule has 1 atom stereocenters. The van der Waals surface area contributed by atoms with E-state index in [4.69, 9.17) is 9.72 Å². The maximum Gasteiger partial charge on any atom is 0.101 e. The van der Waals surface area contributed by atoms with Gasteiger partial charge in [0.1, 0.15) is 5.69 Å². The van der Waals surface area contributed by atoms with E-state index in [-0.39, 0.29) is 0 Å². The van der Waals surface area contributed by atoms with Gasteiger partial charge in [0.15, 0.2) is 0 Å². The van der Waals surface area contributed by atoms with Gasteiger partial charge in [-0.05, 0) is 50.3 Å². The predicted octanol–water partition coefficient (Wildman–Crippen LogP) is 3.97. The Labute approximate surface area is 188 Å². The number of pyridine rings is 2. The summed E-state index contributed by atoms with van der Waals surface area (Å²) in [5.41, 5.74) is 7.81. The Morgan fingerprint density at radius 1 is 1.16 bits per heavy atom. The fourth-order valence-electron chi connectivity index (χ4n) is 4.40. The Kier molecular flexibility index (Phi) is 5.59. The maximum absolute atomic E-state index is 5.28. The average Bonchev–Trinajstić information content (AvgIpc) is 3.49. The molecule has 0 bridgehead atoms. The van der Waals surface area contributed by atoms with Crippen LogP contribution >= 0.6 is 0 Å². The zero-order valence-corrected chi connectivity index (χ0v) is 18.7. The van der Waals surface area contributed by atoms with Crippen molar-refractivity contribution in [1.29, 1.82) is 0 Å². The lowest BCUT2D eigenvalue weighted by Crippen LogP contribution is -2.31. The summed E-state index contributed by atoms with van der Waals surface area (Å²) in [5, 5.41) is 7.53. The van der Waals surface area contributed by atoms with E-state index in [1.165, 1.54) is 6.42 Å². The van der Waals surface area contributed by atoms with Crippen molar-refractivity contribution in [3.05, 3.63) is 60.4 Å². The number of aromatic amines is 1. The lowest BCUT2D eigenvalue weighted by Gasteiger charge is -2.21. The topological polar surface area (TPSA) is 70.2 Å². The number of ether oxygens (including phenoxy) is 1. The van der Waals surface area contributed by atoms with Gasteiger partial charge in [-0.1, -0.05) is 18.2 Å². The summed E-state index contributed by atoms with van der Waals surface area (Å²) in [6, 6.07) is 15.0. The molecule has 32 heavy (non-hydrogen) atoms. The molecule has 1 fully saturated rings. The lowest BCUT2D eigenvalue weighted by molar-refractivity contribution is 0.185. The van der Waals surface area contributed by atoms with Crippen LogP contribution in [0, 0.1) is 0 Å². The van der Waals surface area contributed by atoms with Gasteiger partial charge in [0, 0.05) is 43.6 Å². The SMILES string of the molecule is COCc1cccc(-c2n[nH]cc2-c2ccc3ncc(N4CCC(N(C)C)C4)cc3n2)c1. The number of likely N-dealkylation sites (N-methyl/N-ethyl adjacent to an activating group) is 1. The number of aromatic nitrogens is 4. The number of anilines is 1. The van der Waals surface area contributed by atoms with Crippen molar-refractivity contribution >= 4 is 16.7 Å². The molecule has 3 aromatic heterocycles. The van der Waals surface area contributed by atoms with E-state index in [2.05, 4.69) is 63.3 Å². The third-order valence-corrected chi connectivity index (χ3v) is 6.21. The minimum Gasteiger partial charge on any atom is -0.380 e. The molecule has 0 aliphatic carbocycles. The highest BCUT2D eigenvalue weighted by Crippen LogP contribution is 2.31. The number of H-pyrrole nitrogens is 1. The van der Waals surface area contributed by atoms with Gasteiger partial charge in [-0.3, -0.25) is 10.1 Å². The number of fused-ring (bicyclic) bond motifs is 1. The van der Waals surface area contributed by atoms with E-state index >= 15 is 0 Å². The Balaban J connectivity index is 1.48. The standard InChI is InChI=1S/C25H28N6O/c1-30(2)19-9-10-31(15-19)20-12-24-23(26-13-20)8-7-22(28-24)21-14-27-29-25(21)18-6-4-5-17(11-18)16-32-3/h4-8,11-14,19H,9-10,15-16H2,1-3H3,(H,27,29). The number of nitrogens with one attached hydrogen (secondary N) is 1. The van der Waals surface area contributed by atoms with Gasteiger partial charge in [-0.2, -0.15) is 5.10 Å². The van der Waals surface area contributed by atoms with Crippen molar-refractivity contribution in [3.8, 4) is 22.5 Å². The van der Waals surface area contributed by atoms with Crippen molar-refractivity contribution < 1.29 is 4.74 Å². The quantitative estimate of drug-likeness (QED) is 0.501. The molecule has 1 saturated heterocycles. The van der Waals surface area contributed by atoms with Crippen LogP contribution in [0.2, 0.25) is 0 Å². The number of nitrogens with zero attached hydrogens (tertiary/aromatic N) is 5. The molecule has 1 aromatic carbocycles. The van der Waals surface area contributed by atoms with Gasteiger partial charge in [0.25, 0.3) is 0 Å². The van der Waals surface area contributed by atoms with Crippen LogP contribution in [0.3, 0.4) is 0 Å². The number of hydrogen-bond donors (Lipinski definition) is 1. The van der Waals surface area contributed by atoms with Crippen molar-refractivity contribution in [2.45, 2.75) is 19.1 Å². The second-order valence-electron chi connectivity index (χ2n) is 8.56. The first-order valence-electron chi connectivity index (χ1n) is 10.9. The van der Waals surface area contributed by atoms with Crippen LogP contribution in [0.1, 0.15) is 12.0 Å². The van der Waals surface area contributed by atoms with Crippen LogP contribution in [0.25, 0.3) is 33.5 Å². The summed E-state index contributed by atoms with van der Waals surface area (Å²) < 4.78 is 5.28. The molecule has 1 unspecified atom stereocenters. The Morgan fingerprint density at radius 2 is 2.06 bits per heavy atom. The molecule has 1 N–H and O–H groups in total. The fraction of sp³-hybridized carbons (Fsp3) is 0.320. The molecule has 7 nitrogen and oxygen atoms in total. The third kappa shape index (κ3) is 3.97. The molecule has 0 amide bonds. The lowest BCUT2D eigenvalue weighted by atomic mass is 10.0. The molecule has 0 radical (unpaired) electrons. The predicted molar refractivity (Wildman–Crippen MR) is 128 cm³/mol. The van der Waals surface area contributed by atoms with Crippen molar-refractivity contribution in [3.63, 3.8) is 0 Å². The minimum absolute atomic E-state index is 0.571. The molecule has 164 valence electrons. The number of benzene rings is 1. The molecule has 1 aliphatic heterocycles. The summed E-state index contributed by atoms with van der Waals surface area (Å²) in [7, 11) is 6.00. The highest BCUT2D eigenvalue weighted by molar-refractivity contribution is 5.84. The molecule has 0 spiro atoms. The van der Waals surface area contributed by atoms with E-state index < -0.39 is 0 Å². The maximum atomic E-state index is 5.28. The first-order valence-corrected chi connectivity index (χ1v) is 10.9. The van der Waals surface area contributed by atoms with E-state index in [0.717, 1.165) is 57.9 Å². The second-order valence-corrected chi connectivity index (χ2v) is 8.56. The number of hydrogen-bond acceptors (Lipinski definition) is 6. The summed E-state index contributed by atoms with van der Waals surface area (Å²) in [5.74, 6) is 0. The molecule has 5 rings (SSSR count). The van der Waals surface area contributed by atoms with Gasteiger partial charge in [-0.25, -0.2) is 4.98 Å². The summed E-state index contributed by atoms with van der Waals surface area (Å²) in [6.45, 7) is 2.63. The van der Waals surface area contributed by atoms with Crippen molar-refractivity contribution in [2.75, 3.05) is 39.2 Å². The number of methoxy groups -OCH3 is 1. The highest BCUT2D eigenvalue weighted by Gasteiger charge is 2.24. The summed E-state index contributed by atoms with van der Waals surface area (Å²) in [6.07, 6.45) is 5.04. The highest BCUT2D eigenvalue weighted by atomic mass is 16.5. The van der Waals surface area contributed by atoms with Crippen LogP contribution in [0.4, 0.5) is 5.69 Å². The zero-order chi connectivity index (χ0) is 22.1. The van der Waals surface area contributed by atoms with Crippen LogP contribution in [0.15, 0.2) is 54.9 Å². The number of rotatable bonds is 6. The minimum atomic E-state index is 0.571. The fourth-order valence-corrected chi connectivity index (χ4v) is 4.40. The Morgan fingerprint density at radius 3 is 2.88 bits per heavy atom. The summed E-state index contributed by atoms with van der Waals surface area (Å²) in [4.78, 5) is 14.3. The Bertz CT molecular complexity index is 1230. The average molecular weight is 429 g/mol. The monoisotopic (exact) mass is 428 g/mol. The van der Waals surface area contributed by atoms with Crippen LogP contribution in [0.5, 0.6) is 0 Å². The van der Waals surface area contributed by atoms with Gasteiger partial charge in [0.2, 0.25) is 0 Å². The molecule has 1 aliphatic rings. The van der Waals surface area contributed by atoms with Gasteiger partial charge < -0.3 is 14.5 Å². The molecule has 0 saturated carbocycles. The van der Waals surface area contributed by atoms with Crippen LogP contribution < -0.4 is 4.90 Å². The normalized spacial score (nSPS) is 16.4. The second kappa shape index (κ2) is 8.68. The van der Waals surface area contributed by atoms with E-state index in [1.807, 2.05) is 30.6 Å². The largest absolute Gasteiger partial charge is 0.380 e. The van der Waals surface area contributed by atoms with E-state index in [9.17, 15) is 0 Å². The third-order valence-electron chi connectivity index (χ3n) is 6.21. The van der Waals surface area contributed by atoms with Gasteiger partial charge in [-0.15, -0.1) is 0 Å². The van der Waals surface area contributed by atoms with E-state index in [0.29, 0.717) is 12.6 Å². The summed E-state index contributed by atoms with van der Waals surface area (Å²) >= 11 is 0. The zero-order valence-electron chi connectivity index (χ0n) is 18.7. The molecular formula is C25H28N6O. The Hall–Kier alpha value is -3.29. The first-order chi connectivity index (χ1) is 15.6. The first kappa shape index (κ1) is 20.6. The molecular weight excluding hydrogens is 400 g/mol. The van der Waals surface area contributed by atoms with Crippen molar-refractivity contribution in [2.24, 2.45) is 0 Å².